The third-order valence-corrected chi connectivity index (χ3v) is 5.52. The number of amides is 1. The lowest BCUT2D eigenvalue weighted by molar-refractivity contribution is -0.0228. The van der Waals surface area contributed by atoms with Crippen LogP contribution in [-0.2, 0) is 4.74 Å². The van der Waals surface area contributed by atoms with Gasteiger partial charge in [0.1, 0.15) is 17.7 Å². The van der Waals surface area contributed by atoms with Crippen molar-refractivity contribution in [3.63, 3.8) is 0 Å². The van der Waals surface area contributed by atoms with Crippen molar-refractivity contribution in [1.29, 1.82) is 0 Å². The van der Waals surface area contributed by atoms with Gasteiger partial charge in [0.25, 0.3) is 5.91 Å². The second-order valence-electron chi connectivity index (χ2n) is 6.89. The second kappa shape index (κ2) is 9.28. The summed E-state index contributed by atoms with van der Waals surface area (Å²) in [5, 5.41) is 3.24. The van der Waals surface area contributed by atoms with Crippen LogP contribution < -0.4 is 10.1 Å². The number of benzene rings is 2. The average molecular weight is 468 g/mol. The molecule has 1 aliphatic heterocycles. The van der Waals surface area contributed by atoms with Gasteiger partial charge in [-0.3, -0.25) is 4.79 Å². The van der Waals surface area contributed by atoms with Crippen molar-refractivity contribution in [3.05, 3.63) is 82.5 Å². The van der Waals surface area contributed by atoms with Gasteiger partial charge in [0.2, 0.25) is 0 Å². The molecule has 7 heteroatoms. The van der Waals surface area contributed by atoms with Crippen LogP contribution in [0.5, 0.6) is 5.75 Å². The first-order valence-corrected chi connectivity index (χ1v) is 10.5. The third kappa shape index (κ3) is 4.47. The molecule has 2 aromatic carbocycles. The standard InChI is InChI=1S/C23H22BrN3O3/c1-29-20-7-3-2-6-19(20)26-22-18(5-4-12-25-22)23(28)27-13-14-30-21(15-27)16-8-10-17(24)11-9-16/h2-12,21H,13-15H2,1H3,(H,25,26). The van der Waals surface area contributed by atoms with Gasteiger partial charge in [0, 0.05) is 17.2 Å². The van der Waals surface area contributed by atoms with Crippen molar-refractivity contribution in [2.75, 3.05) is 32.1 Å². The van der Waals surface area contributed by atoms with Gasteiger partial charge < -0.3 is 19.7 Å². The van der Waals surface area contributed by atoms with Crippen LogP contribution in [0.3, 0.4) is 0 Å². The largest absolute Gasteiger partial charge is 0.495 e. The van der Waals surface area contributed by atoms with Crippen molar-refractivity contribution in [2.45, 2.75) is 6.10 Å². The first-order chi connectivity index (χ1) is 14.7. The minimum Gasteiger partial charge on any atom is -0.495 e. The van der Waals surface area contributed by atoms with E-state index in [0.717, 1.165) is 15.7 Å². The van der Waals surface area contributed by atoms with Crippen molar-refractivity contribution < 1.29 is 14.3 Å². The molecule has 4 rings (SSSR count). The fraction of sp³-hybridized carbons (Fsp3) is 0.217. The molecule has 0 saturated carbocycles. The summed E-state index contributed by atoms with van der Waals surface area (Å²) in [4.78, 5) is 19.6. The van der Waals surface area contributed by atoms with Crippen LogP contribution in [-0.4, -0.2) is 42.6 Å². The van der Waals surface area contributed by atoms with Crippen molar-refractivity contribution >= 4 is 33.3 Å². The molecule has 0 aliphatic carbocycles. The number of carbonyl (C=O) groups excluding carboxylic acids is 1. The number of carbonyl (C=O) groups is 1. The zero-order valence-corrected chi connectivity index (χ0v) is 18.1. The Kier molecular flexibility index (Phi) is 6.30. The molecule has 1 unspecified atom stereocenters. The lowest BCUT2D eigenvalue weighted by Crippen LogP contribution is -2.42. The Labute approximate surface area is 184 Å². The van der Waals surface area contributed by atoms with E-state index in [9.17, 15) is 4.79 Å². The number of anilines is 2. The Balaban J connectivity index is 1.55. The molecular weight excluding hydrogens is 446 g/mol. The number of nitrogens with one attached hydrogen (secondary N) is 1. The van der Waals surface area contributed by atoms with Crippen molar-refractivity contribution in [2.24, 2.45) is 0 Å². The molecular formula is C23H22BrN3O3. The number of rotatable bonds is 5. The Morgan fingerprint density at radius 3 is 2.77 bits per heavy atom. The summed E-state index contributed by atoms with van der Waals surface area (Å²) in [7, 11) is 1.61. The van der Waals surface area contributed by atoms with E-state index in [-0.39, 0.29) is 12.0 Å². The number of hydrogen-bond donors (Lipinski definition) is 1. The monoisotopic (exact) mass is 467 g/mol. The maximum absolute atomic E-state index is 13.3. The Bertz CT molecular complexity index is 1030. The van der Waals surface area contributed by atoms with Crippen LogP contribution in [0.15, 0.2) is 71.3 Å². The summed E-state index contributed by atoms with van der Waals surface area (Å²) in [5.74, 6) is 1.10. The van der Waals surface area contributed by atoms with E-state index >= 15 is 0 Å². The zero-order valence-electron chi connectivity index (χ0n) is 16.5. The van der Waals surface area contributed by atoms with Crippen LogP contribution in [0.25, 0.3) is 0 Å². The van der Waals surface area contributed by atoms with Gasteiger partial charge in [-0.2, -0.15) is 0 Å². The fourth-order valence-corrected chi connectivity index (χ4v) is 3.70. The molecule has 0 radical (unpaired) electrons. The van der Waals surface area contributed by atoms with E-state index < -0.39 is 0 Å². The maximum Gasteiger partial charge on any atom is 0.257 e. The van der Waals surface area contributed by atoms with Crippen LogP contribution in [0.1, 0.15) is 22.0 Å². The topological polar surface area (TPSA) is 63.7 Å². The summed E-state index contributed by atoms with van der Waals surface area (Å²) in [5.41, 5.74) is 2.32. The van der Waals surface area contributed by atoms with Gasteiger partial charge in [-0.25, -0.2) is 4.98 Å². The van der Waals surface area contributed by atoms with Gasteiger partial charge >= 0.3 is 0 Å². The molecule has 30 heavy (non-hydrogen) atoms. The SMILES string of the molecule is COc1ccccc1Nc1ncccc1C(=O)N1CCOC(c2ccc(Br)cc2)C1. The Hall–Kier alpha value is -2.90. The van der Waals surface area contributed by atoms with Crippen LogP contribution in [0.2, 0.25) is 0 Å². The van der Waals surface area contributed by atoms with Gasteiger partial charge in [-0.05, 0) is 42.0 Å². The lowest BCUT2D eigenvalue weighted by Gasteiger charge is -2.33. The summed E-state index contributed by atoms with van der Waals surface area (Å²) in [6, 6.07) is 19.1. The predicted octanol–water partition coefficient (Wildman–Crippen LogP) is 4.81. The van der Waals surface area contributed by atoms with Gasteiger partial charge in [0.05, 0.1) is 31.5 Å². The number of methoxy groups -OCH3 is 1. The molecule has 0 bridgehead atoms. The van der Waals surface area contributed by atoms with Crippen LogP contribution in [0.4, 0.5) is 11.5 Å². The molecule has 3 aromatic rings. The highest BCUT2D eigenvalue weighted by Crippen LogP contribution is 2.29. The highest BCUT2D eigenvalue weighted by atomic mass is 79.9. The minimum atomic E-state index is -0.155. The summed E-state index contributed by atoms with van der Waals surface area (Å²) >= 11 is 3.45. The molecule has 1 atom stereocenters. The summed E-state index contributed by atoms with van der Waals surface area (Å²) < 4.78 is 12.3. The van der Waals surface area contributed by atoms with Gasteiger partial charge in [0.15, 0.2) is 0 Å². The average Bonchev–Trinajstić information content (AvgIpc) is 2.80. The molecule has 2 heterocycles. The normalized spacial score (nSPS) is 16.2. The first-order valence-electron chi connectivity index (χ1n) is 9.67. The Morgan fingerprint density at radius 1 is 1.17 bits per heavy atom. The zero-order chi connectivity index (χ0) is 20.9. The van der Waals surface area contributed by atoms with Crippen LogP contribution in [0, 0.1) is 0 Å². The molecule has 1 fully saturated rings. The van der Waals surface area contributed by atoms with Crippen molar-refractivity contribution in [3.8, 4) is 5.75 Å². The molecule has 154 valence electrons. The van der Waals surface area contributed by atoms with Crippen molar-refractivity contribution in [1.82, 2.24) is 9.88 Å². The predicted molar refractivity (Wildman–Crippen MR) is 119 cm³/mol. The molecule has 1 amide bonds. The number of morpholine rings is 1. The summed E-state index contributed by atoms with van der Waals surface area (Å²) in [6.45, 7) is 1.51. The maximum atomic E-state index is 13.3. The highest BCUT2D eigenvalue weighted by Gasteiger charge is 2.27. The molecule has 1 saturated heterocycles. The lowest BCUT2D eigenvalue weighted by atomic mass is 10.1. The fourth-order valence-electron chi connectivity index (χ4n) is 3.44. The number of pyridine rings is 1. The first kappa shape index (κ1) is 20.4. The Morgan fingerprint density at radius 2 is 1.97 bits per heavy atom. The van der Waals surface area contributed by atoms with Gasteiger partial charge in [-0.1, -0.05) is 40.2 Å². The number of para-hydroxylation sites is 2. The quantitative estimate of drug-likeness (QED) is 0.583. The number of aromatic nitrogens is 1. The molecule has 1 N–H and O–H groups in total. The number of nitrogens with zero attached hydrogens (tertiary/aromatic N) is 2. The van der Waals surface area contributed by atoms with E-state index in [2.05, 4.69) is 26.2 Å². The smallest absolute Gasteiger partial charge is 0.257 e. The molecule has 0 spiro atoms. The number of ether oxygens (including phenoxy) is 2. The van der Waals surface area contributed by atoms with E-state index in [0.29, 0.717) is 36.8 Å². The number of hydrogen-bond acceptors (Lipinski definition) is 5. The van der Waals surface area contributed by atoms with Gasteiger partial charge in [-0.15, -0.1) is 0 Å². The summed E-state index contributed by atoms with van der Waals surface area (Å²) in [6.07, 6.45) is 1.51. The van der Waals surface area contributed by atoms with E-state index in [4.69, 9.17) is 9.47 Å². The third-order valence-electron chi connectivity index (χ3n) is 4.99. The molecule has 1 aliphatic rings. The van der Waals surface area contributed by atoms with E-state index in [1.807, 2.05) is 53.4 Å². The molecule has 6 nitrogen and oxygen atoms in total. The van der Waals surface area contributed by atoms with E-state index in [1.54, 1.807) is 25.4 Å². The van der Waals surface area contributed by atoms with E-state index in [1.165, 1.54) is 0 Å². The number of halogens is 1. The highest BCUT2D eigenvalue weighted by molar-refractivity contribution is 9.10. The second-order valence-corrected chi connectivity index (χ2v) is 7.80. The minimum absolute atomic E-state index is 0.0779. The van der Waals surface area contributed by atoms with Crippen LogP contribution >= 0.6 is 15.9 Å². The molecule has 1 aromatic heterocycles.